The van der Waals surface area contributed by atoms with Gasteiger partial charge in [0.25, 0.3) is 0 Å². The molecule has 0 N–H and O–H groups in total. The third kappa shape index (κ3) is 0.438. The number of fused-ring (bicyclic) bond motifs is 5. The minimum absolute atomic E-state index is 1.16. The highest BCUT2D eigenvalue weighted by molar-refractivity contribution is 6.06. The molecule has 14 heavy (non-hydrogen) atoms. The molecule has 0 radical (unpaired) electrons. The molecule has 1 saturated heterocycles. The van der Waals surface area contributed by atoms with Gasteiger partial charge in [0, 0.05) is 17.6 Å². The first-order valence-corrected chi connectivity index (χ1v) is 5.23. The lowest BCUT2D eigenvalue weighted by atomic mass is 9.83. The largest absolute Gasteiger partial charge is 0.449 e. The summed E-state index contributed by atoms with van der Waals surface area (Å²) in [7, 11) is 0. The predicted octanol–water partition coefficient (Wildman–Crippen LogP) is 2.65. The molecule has 0 atom stereocenters. The van der Waals surface area contributed by atoms with Crippen molar-refractivity contribution >= 4 is 11.1 Å². The Hall–Kier alpha value is -1.50. The molecule has 4 aliphatic carbocycles. The van der Waals surface area contributed by atoms with Crippen LogP contribution in [-0.4, -0.2) is 0 Å². The molecular weight excluding hydrogens is 172 g/mol. The van der Waals surface area contributed by atoms with E-state index in [1.807, 2.05) is 0 Å². The molecule has 0 saturated carbocycles. The topological polar surface area (TPSA) is 12.5 Å². The van der Waals surface area contributed by atoms with Gasteiger partial charge in [0.2, 0.25) is 0 Å². The lowest BCUT2D eigenvalue weighted by Gasteiger charge is -2.20. The summed E-state index contributed by atoms with van der Waals surface area (Å²) in [5.74, 6) is 2.43. The molecule has 1 nitrogen and oxygen atoms in total. The molecule has 1 aliphatic heterocycles. The Morgan fingerprint density at radius 1 is 0.857 bits per heavy atom. The van der Waals surface area contributed by atoms with Gasteiger partial charge in [-0.3, -0.25) is 0 Å². The minimum atomic E-state index is 1.16. The number of hydrogen-bond acceptors (Lipinski definition) is 1. The summed E-state index contributed by atoms with van der Waals surface area (Å²) in [6.07, 6.45) is 3.64. The van der Waals surface area contributed by atoms with Gasteiger partial charge in [-0.2, -0.15) is 0 Å². The Labute approximate surface area is 81.7 Å². The van der Waals surface area contributed by atoms with Crippen molar-refractivity contribution in [3.8, 4) is 0 Å². The minimum Gasteiger partial charge on any atom is -0.449 e. The first-order chi connectivity index (χ1) is 6.93. The Kier molecular flexibility index (Phi) is 0.677. The molecule has 1 aromatic rings. The fourth-order valence-corrected chi connectivity index (χ4v) is 3.28. The highest BCUT2D eigenvalue weighted by atomic mass is 16.6. The van der Waals surface area contributed by atoms with Crippen LogP contribution in [-0.2, 0) is 17.6 Å². The summed E-state index contributed by atoms with van der Waals surface area (Å²) in [5, 5.41) is 0. The van der Waals surface area contributed by atoms with E-state index in [4.69, 9.17) is 4.74 Å². The fourth-order valence-electron chi connectivity index (χ4n) is 3.28. The standard InChI is InChI=1S/C13H8O/c1-2-7-4-3-6(1)10-8-5-9(11(7)10)13-12(8)14-13/h1-2H,3-5H2. The molecule has 4 bridgehead atoms. The lowest BCUT2D eigenvalue weighted by molar-refractivity contribution is 0.553. The van der Waals surface area contributed by atoms with Crippen molar-refractivity contribution in [2.75, 3.05) is 0 Å². The molecule has 0 spiro atoms. The fraction of sp³-hybridized carbons (Fsp3) is 0.231. The van der Waals surface area contributed by atoms with Gasteiger partial charge in [0.05, 0.1) is 0 Å². The third-order valence-electron chi connectivity index (χ3n) is 3.92. The average Bonchev–Trinajstić information content (AvgIpc) is 2.85. The van der Waals surface area contributed by atoms with E-state index < -0.39 is 0 Å². The zero-order chi connectivity index (χ0) is 8.86. The highest BCUT2D eigenvalue weighted by Crippen LogP contribution is 2.62. The Morgan fingerprint density at radius 3 is 1.93 bits per heavy atom. The lowest BCUT2D eigenvalue weighted by Crippen LogP contribution is -2.07. The quantitative estimate of drug-likeness (QED) is 0.559. The van der Waals surface area contributed by atoms with Crippen LogP contribution in [0, 0.1) is 0 Å². The summed E-state index contributed by atoms with van der Waals surface area (Å²) >= 11 is 0. The van der Waals surface area contributed by atoms with Gasteiger partial charge in [-0.1, -0.05) is 12.1 Å². The van der Waals surface area contributed by atoms with Crippen LogP contribution in [0.1, 0.15) is 28.7 Å². The second-order valence-corrected chi connectivity index (χ2v) is 4.53. The maximum atomic E-state index is 5.52. The van der Waals surface area contributed by atoms with E-state index in [0.717, 1.165) is 6.42 Å². The van der Waals surface area contributed by atoms with Crippen LogP contribution in [0.2, 0.25) is 0 Å². The maximum Gasteiger partial charge on any atom is 0.174 e. The molecule has 1 heteroatoms. The normalized spacial score (nSPS) is 22.9. The van der Waals surface area contributed by atoms with Gasteiger partial charge in [-0.15, -0.1) is 0 Å². The van der Waals surface area contributed by atoms with Gasteiger partial charge in [-0.25, -0.2) is 0 Å². The summed E-state index contributed by atoms with van der Waals surface area (Å²) in [5.41, 5.74) is 9.15. The number of hydrogen-bond donors (Lipinski definition) is 0. The molecule has 1 aromatic carbocycles. The number of rotatable bonds is 0. The van der Waals surface area contributed by atoms with Crippen molar-refractivity contribution in [3.05, 3.63) is 45.9 Å². The average molecular weight is 180 g/mol. The van der Waals surface area contributed by atoms with Crippen molar-refractivity contribution in [1.82, 2.24) is 0 Å². The van der Waals surface area contributed by atoms with E-state index in [9.17, 15) is 0 Å². The zero-order valence-corrected chi connectivity index (χ0v) is 7.68. The van der Waals surface area contributed by atoms with E-state index in [1.54, 1.807) is 22.3 Å². The van der Waals surface area contributed by atoms with E-state index in [1.165, 1.54) is 35.5 Å². The number of ether oxygens (including phenoxy) is 1. The second-order valence-electron chi connectivity index (χ2n) is 4.53. The summed E-state index contributed by atoms with van der Waals surface area (Å²) in [6, 6.07) is 4.60. The van der Waals surface area contributed by atoms with Crippen LogP contribution in [0.25, 0.3) is 11.1 Å². The number of aryl methyl sites for hydroxylation is 2. The van der Waals surface area contributed by atoms with Gasteiger partial charge < -0.3 is 4.74 Å². The molecule has 1 fully saturated rings. The SMILES string of the molecule is c1cc2c3c(c1CC2)C1=C2OC2=C3C1. The van der Waals surface area contributed by atoms with Crippen LogP contribution in [0.5, 0.6) is 0 Å². The van der Waals surface area contributed by atoms with Crippen molar-refractivity contribution < 1.29 is 4.74 Å². The van der Waals surface area contributed by atoms with E-state index in [0.29, 0.717) is 0 Å². The molecule has 66 valence electrons. The molecule has 6 rings (SSSR count). The smallest absolute Gasteiger partial charge is 0.174 e. The number of benzene rings is 1. The van der Waals surface area contributed by atoms with Crippen LogP contribution >= 0.6 is 0 Å². The second kappa shape index (κ2) is 1.56. The number of epoxide rings is 1. The summed E-state index contributed by atoms with van der Waals surface area (Å²) < 4.78 is 5.52. The van der Waals surface area contributed by atoms with Crippen LogP contribution < -0.4 is 0 Å². The van der Waals surface area contributed by atoms with Crippen molar-refractivity contribution in [3.63, 3.8) is 0 Å². The Bertz CT molecular complexity index is 536. The summed E-state index contributed by atoms with van der Waals surface area (Å²) in [4.78, 5) is 0. The van der Waals surface area contributed by atoms with Crippen molar-refractivity contribution in [2.24, 2.45) is 0 Å². The van der Waals surface area contributed by atoms with E-state index in [2.05, 4.69) is 12.1 Å². The Morgan fingerprint density at radius 2 is 1.43 bits per heavy atom. The van der Waals surface area contributed by atoms with Crippen molar-refractivity contribution in [1.29, 1.82) is 0 Å². The molecular formula is C13H8O. The van der Waals surface area contributed by atoms with Gasteiger partial charge in [0.1, 0.15) is 0 Å². The molecule has 5 aliphatic rings. The van der Waals surface area contributed by atoms with Crippen molar-refractivity contribution in [2.45, 2.75) is 19.3 Å². The third-order valence-corrected chi connectivity index (χ3v) is 3.92. The van der Waals surface area contributed by atoms with Crippen LogP contribution in [0.15, 0.2) is 23.7 Å². The van der Waals surface area contributed by atoms with Crippen LogP contribution in [0.4, 0.5) is 0 Å². The number of allylic oxidation sites excluding steroid dienone is 2. The van der Waals surface area contributed by atoms with E-state index >= 15 is 0 Å². The predicted molar refractivity (Wildman–Crippen MR) is 53.4 cm³/mol. The molecule has 1 heterocycles. The summed E-state index contributed by atoms with van der Waals surface area (Å²) in [6.45, 7) is 0. The zero-order valence-electron chi connectivity index (χ0n) is 7.68. The van der Waals surface area contributed by atoms with Gasteiger partial charge in [-0.05, 0) is 35.1 Å². The van der Waals surface area contributed by atoms with Gasteiger partial charge >= 0.3 is 0 Å². The van der Waals surface area contributed by atoms with Gasteiger partial charge in [0.15, 0.2) is 11.5 Å². The molecule has 0 aromatic heterocycles. The monoisotopic (exact) mass is 180 g/mol. The van der Waals surface area contributed by atoms with Crippen LogP contribution in [0.3, 0.4) is 0 Å². The maximum absolute atomic E-state index is 5.52. The van der Waals surface area contributed by atoms with E-state index in [-0.39, 0.29) is 0 Å². The first kappa shape index (κ1) is 6.07. The first-order valence-electron chi connectivity index (χ1n) is 5.23. The molecule has 0 unspecified atom stereocenters. The molecule has 0 amide bonds. The Balaban J connectivity index is 2.07. The highest BCUT2D eigenvalue weighted by Gasteiger charge is 2.48.